The normalized spacial score (nSPS) is 12.8. The van der Waals surface area contributed by atoms with E-state index >= 15 is 0 Å². The van der Waals surface area contributed by atoms with Crippen molar-refractivity contribution in [3.8, 4) is 0 Å². The Hall–Kier alpha value is -1.36. The average Bonchev–Trinajstić information content (AvgIpc) is 2.75. The molecule has 0 aliphatic rings. The number of hydrogen-bond donors (Lipinski definition) is 1. The molecule has 0 radical (unpaired) electrons. The van der Waals surface area contributed by atoms with Crippen LogP contribution in [0.5, 0.6) is 0 Å². The van der Waals surface area contributed by atoms with E-state index in [1.165, 1.54) is 0 Å². The van der Waals surface area contributed by atoms with E-state index in [0.29, 0.717) is 11.6 Å². The van der Waals surface area contributed by atoms with Crippen molar-refractivity contribution in [1.82, 2.24) is 15.1 Å². The Bertz CT molecular complexity index is 606. The molecule has 1 amide bonds. The number of carbonyl (C=O) groups is 1. The number of nitrogens with one attached hydrogen (secondary N) is 1. The van der Waals surface area contributed by atoms with Crippen LogP contribution in [0.3, 0.4) is 0 Å². The summed E-state index contributed by atoms with van der Waals surface area (Å²) in [6.07, 6.45) is 0.946. The number of nitrogens with zero attached hydrogens (tertiary/aromatic N) is 2. The lowest BCUT2D eigenvalue weighted by Crippen LogP contribution is -2.37. The summed E-state index contributed by atoms with van der Waals surface area (Å²) in [5.41, 5.74) is 1.47. The van der Waals surface area contributed by atoms with Gasteiger partial charge in [-0.3, -0.25) is 9.48 Å². The smallest absolute Gasteiger partial charge is 0.272 e. The van der Waals surface area contributed by atoms with Crippen molar-refractivity contribution in [1.29, 1.82) is 0 Å². The summed E-state index contributed by atoms with van der Waals surface area (Å²) in [7, 11) is 1.86. The zero-order chi connectivity index (χ0) is 14.7. The van der Waals surface area contributed by atoms with Crippen LogP contribution in [0.2, 0.25) is 0 Å². The number of fused-ring (bicyclic) bond motifs is 1. The van der Waals surface area contributed by atoms with E-state index < -0.39 is 0 Å². The van der Waals surface area contributed by atoms with E-state index in [1.807, 2.05) is 31.3 Å². The number of aryl methyl sites for hydroxylation is 1. The van der Waals surface area contributed by atoms with Crippen LogP contribution in [0.1, 0.15) is 30.8 Å². The highest BCUT2D eigenvalue weighted by Crippen LogP contribution is 2.18. The van der Waals surface area contributed by atoms with Crippen molar-refractivity contribution < 1.29 is 4.79 Å². The standard InChI is InChI=1S/C15H20BrN3O/c1-10(2)8-11(9-16)17-15(20)14-12-6-4-5-7-13(12)19(3)18-14/h4-7,10-11H,8-9H2,1-3H3,(H,17,20). The van der Waals surface area contributed by atoms with Crippen LogP contribution in [-0.4, -0.2) is 27.1 Å². The monoisotopic (exact) mass is 337 g/mol. The third-order valence-corrected chi connectivity index (χ3v) is 4.03. The molecule has 1 N–H and O–H groups in total. The van der Waals surface area contributed by atoms with Crippen molar-refractivity contribution in [2.75, 3.05) is 5.33 Å². The number of carbonyl (C=O) groups excluding carboxylic acids is 1. The van der Waals surface area contributed by atoms with E-state index in [9.17, 15) is 4.79 Å². The molecule has 0 fully saturated rings. The van der Waals surface area contributed by atoms with E-state index in [-0.39, 0.29) is 11.9 Å². The van der Waals surface area contributed by atoms with E-state index in [1.54, 1.807) is 4.68 Å². The number of hydrogen-bond acceptors (Lipinski definition) is 2. The second kappa shape index (κ2) is 6.39. The zero-order valence-corrected chi connectivity index (χ0v) is 13.6. The highest BCUT2D eigenvalue weighted by atomic mass is 79.9. The van der Waals surface area contributed by atoms with Gasteiger partial charge in [-0.25, -0.2) is 0 Å². The molecule has 2 aromatic rings. The number of alkyl halides is 1. The molecule has 0 saturated carbocycles. The lowest BCUT2D eigenvalue weighted by atomic mass is 10.1. The highest BCUT2D eigenvalue weighted by Gasteiger charge is 2.19. The van der Waals surface area contributed by atoms with Gasteiger partial charge in [0.2, 0.25) is 0 Å². The Balaban J connectivity index is 2.23. The second-order valence-corrected chi connectivity index (χ2v) is 6.09. The van der Waals surface area contributed by atoms with Crippen molar-refractivity contribution in [3.05, 3.63) is 30.0 Å². The minimum absolute atomic E-state index is 0.105. The summed E-state index contributed by atoms with van der Waals surface area (Å²) in [6.45, 7) is 4.30. The Morgan fingerprint density at radius 3 is 2.75 bits per heavy atom. The summed E-state index contributed by atoms with van der Waals surface area (Å²) < 4.78 is 1.75. The molecule has 2 rings (SSSR count). The fourth-order valence-corrected chi connectivity index (χ4v) is 2.79. The van der Waals surface area contributed by atoms with Gasteiger partial charge in [0.15, 0.2) is 5.69 Å². The third-order valence-electron chi connectivity index (χ3n) is 3.25. The van der Waals surface area contributed by atoms with Crippen molar-refractivity contribution in [2.45, 2.75) is 26.3 Å². The summed E-state index contributed by atoms with van der Waals surface area (Å²) in [4.78, 5) is 12.4. The average molecular weight is 338 g/mol. The molecule has 108 valence electrons. The predicted molar refractivity (Wildman–Crippen MR) is 85.2 cm³/mol. The van der Waals surface area contributed by atoms with Crippen molar-refractivity contribution in [3.63, 3.8) is 0 Å². The molecule has 5 heteroatoms. The maximum atomic E-state index is 12.4. The first-order valence-electron chi connectivity index (χ1n) is 6.81. The molecule has 1 unspecified atom stereocenters. The number of halogens is 1. The van der Waals surface area contributed by atoms with Gasteiger partial charge >= 0.3 is 0 Å². The quantitative estimate of drug-likeness (QED) is 0.852. The summed E-state index contributed by atoms with van der Waals surface area (Å²) in [5, 5.41) is 9.05. The van der Waals surface area contributed by atoms with Crippen LogP contribution < -0.4 is 5.32 Å². The third kappa shape index (κ3) is 3.20. The van der Waals surface area contributed by atoms with Gasteiger partial charge in [0, 0.05) is 23.8 Å². The molecule has 0 aliphatic carbocycles. The van der Waals surface area contributed by atoms with Crippen LogP contribution in [-0.2, 0) is 7.05 Å². The topological polar surface area (TPSA) is 46.9 Å². The van der Waals surface area contributed by atoms with Crippen molar-refractivity contribution in [2.24, 2.45) is 13.0 Å². The van der Waals surface area contributed by atoms with E-state index in [2.05, 4.69) is 40.2 Å². The molecule has 0 bridgehead atoms. The van der Waals surface area contributed by atoms with Crippen LogP contribution in [0.25, 0.3) is 10.9 Å². The van der Waals surface area contributed by atoms with Gasteiger partial charge in [0.25, 0.3) is 5.91 Å². The first kappa shape index (κ1) is 15.0. The maximum Gasteiger partial charge on any atom is 0.272 e. The molecule has 4 nitrogen and oxygen atoms in total. The van der Waals surface area contributed by atoms with Crippen LogP contribution in [0.15, 0.2) is 24.3 Å². The van der Waals surface area contributed by atoms with Crippen molar-refractivity contribution >= 4 is 32.7 Å². The Labute approximate surface area is 127 Å². The number of rotatable bonds is 5. The lowest BCUT2D eigenvalue weighted by molar-refractivity contribution is 0.0933. The summed E-state index contributed by atoms with van der Waals surface area (Å²) in [6, 6.07) is 7.91. The Morgan fingerprint density at radius 2 is 2.10 bits per heavy atom. The fraction of sp³-hybridized carbons (Fsp3) is 0.467. The molecule has 1 heterocycles. The minimum atomic E-state index is -0.105. The second-order valence-electron chi connectivity index (χ2n) is 5.44. The van der Waals surface area contributed by atoms with Crippen LogP contribution >= 0.6 is 15.9 Å². The largest absolute Gasteiger partial charge is 0.347 e. The molecular formula is C15H20BrN3O. The molecule has 1 aromatic carbocycles. The maximum absolute atomic E-state index is 12.4. The molecule has 0 aliphatic heterocycles. The number of amides is 1. The van der Waals surface area contributed by atoms with Gasteiger partial charge in [-0.1, -0.05) is 48.0 Å². The van der Waals surface area contributed by atoms with Gasteiger partial charge in [0.05, 0.1) is 5.52 Å². The van der Waals surface area contributed by atoms with Crippen LogP contribution in [0.4, 0.5) is 0 Å². The molecule has 20 heavy (non-hydrogen) atoms. The molecule has 1 atom stereocenters. The minimum Gasteiger partial charge on any atom is -0.347 e. The zero-order valence-electron chi connectivity index (χ0n) is 12.1. The van der Waals surface area contributed by atoms with Gasteiger partial charge in [-0.15, -0.1) is 0 Å². The van der Waals surface area contributed by atoms with Gasteiger partial charge in [0.1, 0.15) is 0 Å². The Kier molecular flexibility index (Phi) is 4.81. The lowest BCUT2D eigenvalue weighted by Gasteiger charge is -2.17. The Morgan fingerprint density at radius 1 is 1.40 bits per heavy atom. The SMILES string of the molecule is CC(C)CC(CBr)NC(=O)c1nn(C)c2ccccc12. The van der Waals surface area contributed by atoms with Gasteiger partial charge < -0.3 is 5.32 Å². The van der Waals surface area contributed by atoms with Crippen LogP contribution in [0, 0.1) is 5.92 Å². The summed E-state index contributed by atoms with van der Waals surface area (Å²) in [5.74, 6) is 0.435. The van der Waals surface area contributed by atoms with E-state index in [0.717, 1.165) is 22.7 Å². The van der Waals surface area contributed by atoms with Gasteiger partial charge in [-0.2, -0.15) is 5.10 Å². The number of para-hydroxylation sites is 1. The summed E-state index contributed by atoms with van der Waals surface area (Å²) >= 11 is 3.46. The predicted octanol–water partition coefficient (Wildman–Crippen LogP) is 3.11. The fourth-order valence-electron chi connectivity index (χ4n) is 2.36. The van der Waals surface area contributed by atoms with Gasteiger partial charge in [-0.05, 0) is 18.4 Å². The number of aromatic nitrogens is 2. The first-order valence-corrected chi connectivity index (χ1v) is 7.93. The molecule has 0 spiro atoms. The highest BCUT2D eigenvalue weighted by molar-refractivity contribution is 9.09. The first-order chi connectivity index (χ1) is 9.52. The molecule has 0 saturated heterocycles. The molecule has 1 aromatic heterocycles. The van der Waals surface area contributed by atoms with E-state index in [4.69, 9.17) is 0 Å². The number of benzene rings is 1. The molecular weight excluding hydrogens is 318 g/mol.